The van der Waals surface area contributed by atoms with E-state index in [9.17, 15) is 40.2 Å². The van der Waals surface area contributed by atoms with Crippen molar-refractivity contribution in [2.45, 2.75) is 59.3 Å². The summed E-state index contributed by atoms with van der Waals surface area (Å²) < 4.78 is 11.8. The van der Waals surface area contributed by atoms with E-state index in [4.69, 9.17) is 9.47 Å². The molecule has 4 aromatic rings. The molecule has 0 aliphatic heterocycles. The Kier molecular flexibility index (Phi) is 9.76. The van der Waals surface area contributed by atoms with Gasteiger partial charge in [-0.05, 0) is 78.8 Å². The Bertz CT molecular complexity index is 1620. The molecule has 4 aromatic carbocycles. The third kappa shape index (κ3) is 7.23. The van der Waals surface area contributed by atoms with E-state index in [1.807, 2.05) is 39.0 Å². The smallest absolute Gasteiger partial charge is 0.343 e. The number of hydrogen-bond acceptors (Lipinski definition) is 10. The molecule has 0 amide bonds. The van der Waals surface area contributed by atoms with Gasteiger partial charge < -0.3 is 40.1 Å². The highest BCUT2D eigenvalue weighted by Gasteiger charge is 2.26. The maximum Gasteiger partial charge on any atom is 0.343 e. The van der Waals surface area contributed by atoms with Crippen molar-refractivity contribution in [1.29, 1.82) is 0 Å². The molecule has 0 bridgehead atoms. The van der Waals surface area contributed by atoms with Crippen molar-refractivity contribution in [3.63, 3.8) is 0 Å². The second kappa shape index (κ2) is 13.5. The van der Waals surface area contributed by atoms with E-state index in [1.54, 1.807) is 12.1 Å². The average Bonchev–Trinajstić information content (AvgIpc) is 2.98. The maximum absolute atomic E-state index is 13.4. The first-order chi connectivity index (χ1) is 21.3. The number of aromatic hydroxyl groups is 6. The first-order valence-corrected chi connectivity index (χ1v) is 14.5. The lowest BCUT2D eigenvalue weighted by Crippen LogP contribution is -2.13. The molecule has 0 atom stereocenters. The molecule has 236 valence electrons. The Morgan fingerprint density at radius 1 is 0.689 bits per heavy atom. The first kappa shape index (κ1) is 32.5. The van der Waals surface area contributed by atoms with Gasteiger partial charge in [0.05, 0.1) is 16.7 Å². The highest BCUT2D eigenvalue weighted by molar-refractivity contribution is 5.96. The van der Waals surface area contributed by atoms with Gasteiger partial charge in [0.2, 0.25) is 0 Å². The normalized spacial score (nSPS) is 11.0. The first-order valence-electron chi connectivity index (χ1n) is 14.5. The molecule has 0 saturated carbocycles. The zero-order chi connectivity index (χ0) is 33.0. The Morgan fingerprint density at radius 3 is 1.58 bits per heavy atom. The summed E-state index contributed by atoms with van der Waals surface area (Å²) in [5, 5.41) is 59.5. The van der Waals surface area contributed by atoms with E-state index in [2.05, 4.69) is 6.92 Å². The largest absolute Gasteiger partial charge is 0.504 e. The molecule has 0 spiro atoms. The lowest BCUT2D eigenvalue weighted by molar-refractivity contribution is 0.0733. The van der Waals surface area contributed by atoms with E-state index in [0.29, 0.717) is 17.5 Å². The fraction of sp³-hybridized carbons (Fsp3) is 0.257. The Labute approximate surface area is 260 Å². The molecule has 0 aliphatic carbocycles. The van der Waals surface area contributed by atoms with E-state index in [0.717, 1.165) is 54.7 Å². The number of rotatable bonds is 10. The maximum atomic E-state index is 13.4. The molecular formula is C35H36O10. The fourth-order valence-corrected chi connectivity index (χ4v) is 4.95. The monoisotopic (exact) mass is 616 g/mol. The van der Waals surface area contributed by atoms with Crippen molar-refractivity contribution >= 4 is 11.9 Å². The summed E-state index contributed by atoms with van der Waals surface area (Å²) in [5.74, 6) is -6.29. The number of benzene rings is 4. The number of aryl methyl sites for hydroxylation is 2. The highest BCUT2D eigenvalue weighted by Crippen LogP contribution is 2.45. The third-order valence-electron chi connectivity index (χ3n) is 7.31. The Balaban J connectivity index is 1.95. The van der Waals surface area contributed by atoms with Crippen LogP contribution in [0.25, 0.3) is 11.1 Å². The Morgan fingerprint density at radius 2 is 1.16 bits per heavy atom. The van der Waals surface area contributed by atoms with Crippen LogP contribution in [0.2, 0.25) is 0 Å². The molecule has 0 aromatic heterocycles. The number of phenolic OH excluding ortho intramolecular Hbond substituents is 6. The minimum absolute atomic E-state index is 0.00563. The Hall–Kier alpha value is -5.38. The van der Waals surface area contributed by atoms with Crippen molar-refractivity contribution in [3.8, 4) is 57.1 Å². The van der Waals surface area contributed by atoms with Crippen LogP contribution in [0.15, 0.2) is 54.6 Å². The quantitative estimate of drug-likeness (QED) is 0.0463. The number of carbonyl (C=O) groups excluding carboxylic acids is 2. The minimum atomic E-state index is -0.961. The van der Waals surface area contributed by atoms with Gasteiger partial charge in [-0.1, -0.05) is 57.4 Å². The van der Waals surface area contributed by atoms with Crippen LogP contribution in [0, 0.1) is 6.92 Å². The minimum Gasteiger partial charge on any atom is -0.504 e. The van der Waals surface area contributed by atoms with Gasteiger partial charge in [-0.25, -0.2) is 9.59 Å². The number of carbonyl (C=O) groups is 2. The molecular weight excluding hydrogens is 580 g/mol. The van der Waals surface area contributed by atoms with Gasteiger partial charge in [0.25, 0.3) is 0 Å². The summed E-state index contributed by atoms with van der Waals surface area (Å²) in [7, 11) is 0. The second-order valence-corrected chi connectivity index (χ2v) is 11.2. The zero-order valence-electron chi connectivity index (χ0n) is 25.4. The van der Waals surface area contributed by atoms with Crippen molar-refractivity contribution in [1.82, 2.24) is 0 Å². The second-order valence-electron chi connectivity index (χ2n) is 11.2. The average molecular weight is 617 g/mol. The van der Waals surface area contributed by atoms with Crippen molar-refractivity contribution in [2.75, 3.05) is 0 Å². The molecule has 4 rings (SSSR count). The molecule has 10 nitrogen and oxygen atoms in total. The van der Waals surface area contributed by atoms with Crippen LogP contribution >= 0.6 is 0 Å². The van der Waals surface area contributed by atoms with E-state index < -0.39 is 46.4 Å². The number of esters is 2. The highest BCUT2D eigenvalue weighted by atomic mass is 16.5. The van der Waals surface area contributed by atoms with Gasteiger partial charge >= 0.3 is 11.9 Å². The molecule has 10 heteroatoms. The summed E-state index contributed by atoms with van der Waals surface area (Å²) in [6, 6.07) is 12.9. The molecule has 0 saturated heterocycles. The summed E-state index contributed by atoms with van der Waals surface area (Å²) >= 11 is 0. The van der Waals surface area contributed by atoms with Crippen molar-refractivity contribution in [3.05, 3.63) is 82.4 Å². The molecule has 0 radical (unpaired) electrons. The zero-order valence-corrected chi connectivity index (χ0v) is 25.4. The van der Waals surface area contributed by atoms with Crippen LogP contribution in [-0.4, -0.2) is 42.6 Å². The topological polar surface area (TPSA) is 174 Å². The van der Waals surface area contributed by atoms with E-state index >= 15 is 0 Å². The molecule has 45 heavy (non-hydrogen) atoms. The van der Waals surface area contributed by atoms with Crippen molar-refractivity contribution in [2.24, 2.45) is 0 Å². The van der Waals surface area contributed by atoms with E-state index in [-0.39, 0.29) is 34.1 Å². The summed E-state index contributed by atoms with van der Waals surface area (Å²) in [4.78, 5) is 26.8. The standard InChI is InChI=1S/C35H36O10/c1-5-6-7-8-20-12-29(44-34(42)21-14-25(36)32(40)26(37)15-21)31(24-11-19(4)9-10-23(24)18(2)3)30(13-20)45-35(43)22-16-27(38)33(41)28(39)17-22/h9-18,36-41H,5-8H2,1-4H3. The van der Waals surface area contributed by atoms with Crippen LogP contribution in [-0.2, 0) is 6.42 Å². The van der Waals surface area contributed by atoms with Crippen molar-refractivity contribution < 1.29 is 49.7 Å². The van der Waals surface area contributed by atoms with Gasteiger partial charge in [0, 0.05) is 0 Å². The van der Waals surface area contributed by atoms with Crippen LogP contribution in [0.4, 0.5) is 0 Å². The van der Waals surface area contributed by atoms with Gasteiger partial charge in [-0.15, -0.1) is 0 Å². The SMILES string of the molecule is CCCCCc1cc(OC(=O)c2cc(O)c(O)c(O)c2)c(-c2cc(C)ccc2C(C)C)c(OC(=O)c2cc(O)c(O)c(O)c2)c1. The lowest BCUT2D eigenvalue weighted by Gasteiger charge is -2.21. The summed E-state index contributed by atoms with van der Waals surface area (Å²) in [6.07, 6.45) is 3.21. The number of phenols is 6. The third-order valence-corrected chi connectivity index (χ3v) is 7.31. The van der Waals surface area contributed by atoms with Gasteiger partial charge in [0.15, 0.2) is 34.5 Å². The molecule has 0 heterocycles. The van der Waals surface area contributed by atoms with Gasteiger partial charge in [-0.2, -0.15) is 0 Å². The van der Waals surface area contributed by atoms with Gasteiger partial charge in [0.1, 0.15) is 11.5 Å². The van der Waals surface area contributed by atoms with Crippen LogP contribution in [0.3, 0.4) is 0 Å². The number of unbranched alkanes of at least 4 members (excludes halogenated alkanes) is 2. The molecule has 0 fully saturated rings. The summed E-state index contributed by atoms with van der Waals surface area (Å²) in [6.45, 7) is 7.90. The van der Waals surface area contributed by atoms with Crippen LogP contribution in [0.1, 0.15) is 83.4 Å². The van der Waals surface area contributed by atoms with Crippen LogP contribution < -0.4 is 9.47 Å². The molecule has 0 unspecified atom stereocenters. The fourth-order valence-electron chi connectivity index (χ4n) is 4.95. The summed E-state index contributed by atoms with van der Waals surface area (Å²) in [5.41, 5.74) is 2.81. The predicted molar refractivity (Wildman–Crippen MR) is 167 cm³/mol. The van der Waals surface area contributed by atoms with Crippen LogP contribution in [0.5, 0.6) is 46.0 Å². The number of ether oxygens (including phenoxy) is 2. The van der Waals surface area contributed by atoms with E-state index in [1.165, 1.54) is 0 Å². The molecule has 0 aliphatic rings. The van der Waals surface area contributed by atoms with Gasteiger partial charge in [-0.3, -0.25) is 0 Å². The lowest BCUT2D eigenvalue weighted by atomic mass is 9.89. The molecule has 6 N–H and O–H groups in total. The number of hydrogen-bond donors (Lipinski definition) is 6. The predicted octanol–water partition coefficient (Wildman–Crippen LogP) is 7.19.